The standard InChI is InChI=1S/C28H24Cl2N4O3S/c1-16-6-7-17(13-19(16)29)23-10-11-24(37-23)27-26(22-5-3-4-12-31-22)33-28(38)34(27)18-8-9-21(20(30)14-18)32-25(35)15-36-2/h3-14,26-27H,15H2,1-2H3,(H,32,35)(H,33,38). The molecule has 4 aromatic rings. The Hall–Kier alpha value is -3.43. The highest BCUT2D eigenvalue weighted by Gasteiger charge is 2.42. The Balaban J connectivity index is 1.54. The molecule has 0 saturated carbocycles. The van der Waals surface area contributed by atoms with Gasteiger partial charge in [-0.05, 0) is 73.2 Å². The highest BCUT2D eigenvalue weighted by atomic mass is 35.5. The summed E-state index contributed by atoms with van der Waals surface area (Å²) in [6.45, 7) is 1.89. The first-order chi connectivity index (χ1) is 18.4. The van der Waals surface area contributed by atoms with Crippen molar-refractivity contribution in [1.82, 2.24) is 10.3 Å². The monoisotopic (exact) mass is 566 g/mol. The van der Waals surface area contributed by atoms with Crippen LogP contribution in [0.25, 0.3) is 11.3 Å². The minimum absolute atomic E-state index is 0.0704. The molecule has 38 heavy (non-hydrogen) atoms. The molecule has 3 heterocycles. The Morgan fingerprint density at radius 2 is 1.97 bits per heavy atom. The maximum atomic E-state index is 12.0. The number of benzene rings is 2. The zero-order chi connectivity index (χ0) is 26.8. The van der Waals surface area contributed by atoms with Gasteiger partial charge in [-0.15, -0.1) is 0 Å². The molecule has 10 heteroatoms. The number of methoxy groups -OCH3 is 1. The lowest BCUT2D eigenvalue weighted by Gasteiger charge is -2.26. The Labute approximate surface area is 235 Å². The minimum Gasteiger partial charge on any atom is -0.459 e. The summed E-state index contributed by atoms with van der Waals surface area (Å²) in [5.74, 6) is 1.08. The molecule has 0 spiro atoms. The number of hydrogen-bond acceptors (Lipinski definition) is 5. The van der Waals surface area contributed by atoms with Crippen LogP contribution in [0, 0.1) is 6.92 Å². The van der Waals surface area contributed by atoms with Crippen molar-refractivity contribution >= 4 is 57.8 Å². The molecule has 1 fully saturated rings. The number of aromatic nitrogens is 1. The van der Waals surface area contributed by atoms with Crippen LogP contribution in [0.15, 0.2) is 77.3 Å². The van der Waals surface area contributed by atoms with E-state index in [4.69, 9.17) is 44.6 Å². The Morgan fingerprint density at radius 1 is 1.13 bits per heavy atom. The number of halogens is 2. The fourth-order valence-corrected chi connectivity index (χ4v) is 5.16. The number of aryl methyl sites for hydroxylation is 1. The van der Waals surface area contributed by atoms with Crippen LogP contribution in [0.1, 0.15) is 29.1 Å². The first-order valence-electron chi connectivity index (χ1n) is 11.8. The lowest BCUT2D eigenvalue weighted by atomic mass is 10.0. The second-order valence-electron chi connectivity index (χ2n) is 8.81. The van der Waals surface area contributed by atoms with Gasteiger partial charge in [0.15, 0.2) is 5.11 Å². The molecule has 0 radical (unpaired) electrons. The maximum Gasteiger partial charge on any atom is 0.250 e. The number of nitrogens with zero attached hydrogens (tertiary/aromatic N) is 2. The smallest absolute Gasteiger partial charge is 0.250 e. The van der Waals surface area contributed by atoms with Gasteiger partial charge in [-0.3, -0.25) is 9.78 Å². The van der Waals surface area contributed by atoms with Crippen molar-refractivity contribution in [3.63, 3.8) is 0 Å². The molecule has 0 aliphatic carbocycles. The van der Waals surface area contributed by atoms with Gasteiger partial charge in [-0.1, -0.05) is 41.4 Å². The number of nitrogens with one attached hydrogen (secondary N) is 2. The van der Waals surface area contributed by atoms with Crippen molar-refractivity contribution in [2.24, 2.45) is 0 Å². The summed E-state index contributed by atoms with van der Waals surface area (Å²) in [7, 11) is 1.46. The number of anilines is 2. The first-order valence-corrected chi connectivity index (χ1v) is 13.0. The number of amides is 1. The van der Waals surface area contributed by atoms with E-state index in [1.807, 2.05) is 66.4 Å². The Morgan fingerprint density at radius 3 is 2.68 bits per heavy atom. The van der Waals surface area contributed by atoms with Gasteiger partial charge in [0.2, 0.25) is 5.91 Å². The van der Waals surface area contributed by atoms with E-state index in [0.717, 1.165) is 22.5 Å². The third kappa shape index (κ3) is 5.26. The number of hydrogen-bond donors (Lipinski definition) is 2. The summed E-state index contributed by atoms with van der Waals surface area (Å²) >= 11 is 18.7. The molecule has 1 saturated heterocycles. The molecular formula is C28H24Cl2N4O3S. The average molecular weight is 567 g/mol. The zero-order valence-corrected chi connectivity index (χ0v) is 22.9. The van der Waals surface area contributed by atoms with Crippen LogP contribution in [0.4, 0.5) is 11.4 Å². The molecule has 7 nitrogen and oxygen atoms in total. The quantitative estimate of drug-likeness (QED) is 0.240. The molecule has 1 amide bonds. The predicted molar refractivity (Wildman–Crippen MR) is 154 cm³/mol. The van der Waals surface area contributed by atoms with Gasteiger partial charge >= 0.3 is 0 Å². The molecule has 2 unspecified atom stereocenters. The van der Waals surface area contributed by atoms with Crippen molar-refractivity contribution < 1.29 is 13.9 Å². The predicted octanol–water partition coefficient (Wildman–Crippen LogP) is 6.72. The Kier molecular flexibility index (Phi) is 7.67. The lowest BCUT2D eigenvalue weighted by molar-refractivity contribution is -0.119. The van der Waals surface area contributed by atoms with Crippen molar-refractivity contribution in [1.29, 1.82) is 0 Å². The fourth-order valence-electron chi connectivity index (χ4n) is 4.41. The largest absolute Gasteiger partial charge is 0.459 e. The van der Waals surface area contributed by atoms with Crippen LogP contribution in [0.3, 0.4) is 0 Å². The van der Waals surface area contributed by atoms with Crippen molar-refractivity contribution in [3.8, 4) is 11.3 Å². The zero-order valence-electron chi connectivity index (χ0n) is 20.6. The van der Waals surface area contributed by atoms with Crippen LogP contribution in [0.2, 0.25) is 10.0 Å². The number of furan rings is 1. The van der Waals surface area contributed by atoms with Crippen LogP contribution in [-0.4, -0.2) is 29.7 Å². The van der Waals surface area contributed by atoms with Crippen molar-refractivity contribution in [2.45, 2.75) is 19.0 Å². The van der Waals surface area contributed by atoms with Gasteiger partial charge < -0.3 is 24.7 Å². The molecule has 1 aliphatic rings. The number of pyridine rings is 1. The second kappa shape index (κ2) is 11.1. The SMILES string of the molecule is COCC(=O)Nc1ccc(N2C(=S)NC(c3ccccn3)C2c2ccc(-c3ccc(C)c(Cl)c3)o2)cc1Cl. The molecule has 0 bridgehead atoms. The van der Waals surface area contributed by atoms with Gasteiger partial charge in [0, 0.05) is 29.6 Å². The first kappa shape index (κ1) is 26.2. The van der Waals surface area contributed by atoms with Crippen LogP contribution >= 0.6 is 35.4 Å². The molecule has 1 aliphatic heterocycles. The van der Waals surface area contributed by atoms with Crippen molar-refractivity contribution in [3.05, 3.63) is 100.0 Å². The Bertz CT molecular complexity index is 1490. The second-order valence-corrected chi connectivity index (χ2v) is 10.0. The van der Waals surface area contributed by atoms with Crippen LogP contribution in [-0.2, 0) is 9.53 Å². The minimum atomic E-state index is -0.364. The molecule has 2 aromatic carbocycles. The summed E-state index contributed by atoms with van der Waals surface area (Å²) in [6, 6.07) is 20.1. The molecule has 5 rings (SSSR count). The van der Waals surface area contributed by atoms with Crippen LogP contribution < -0.4 is 15.5 Å². The summed E-state index contributed by atoms with van der Waals surface area (Å²) in [6.07, 6.45) is 1.75. The van der Waals surface area contributed by atoms with E-state index >= 15 is 0 Å². The van der Waals surface area contributed by atoms with Gasteiger partial charge in [-0.25, -0.2) is 0 Å². The number of carbonyl (C=O) groups excluding carboxylic acids is 1. The number of carbonyl (C=O) groups is 1. The molecule has 2 aromatic heterocycles. The topological polar surface area (TPSA) is 79.6 Å². The van der Waals surface area contributed by atoms with Gasteiger partial charge in [0.05, 0.1) is 22.4 Å². The van der Waals surface area contributed by atoms with E-state index in [1.54, 1.807) is 18.3 Å². The van der Waals surface area contributed by atoms with Gasteiger partial charge in [0.1, 0.15) is 24.2 Å². The highest BCUT2D eigenvalue weighted by molar-refractivity contribution is 7.80. The van der Waals surface area contributed by atoms with E-state index in [2.05, 4.69) is 15.6 Å². The summed E-state index contributed by atoms with van der Waals surface area (Å²) in [4.78, 5) is 18.5. The van der Waals surface area contributed by atoms with E-state index < -0.39 is 0 Å². The number of rotatable bonds is 7. The van der Waals surface area contributed by atoms with Gasteiger partial charge in [-0.2, -0.15) is 0 Å². The summed E-state index contributed by atoms with van der Waals surface area (Å²) < 4.78 is 11.3. The maximum absolute atomic E-state index is 12.0. The number of thiocarbonyl (C=S) groups is 1. The average Bonchev–Trinajstić information content (AvgIpc) is 3.52. The summed E-state index contributed by atoms with van der Waals surface area (Å²) in [5.41, 5.74) is 3.89. The fraction of sp³-hybridized carbons (Fsp3) is 0.179. The third-order valence-corrected chi connectivity index (χ3v) is 7.29. The third-order valence-electron chi connectivity index (χ3n) is 6.25. The van der Waals surface area contributed by atoms with Crippen molar-refractivity contribution in [2.75, 3.05) is 23.9 Å². The van der Waals surface area contributed by atoms with Gasteiger partial charge in [0.25, 0.3) is 0 Å². The van der Waals surface area contributed by atoms with E-state index in [0.29, 0.717) is 32.4 Å². The van der Waals surface area contributed by atoms with E-state index in [-0.39, 0.29) is 24.6 Å². The number of ether oxygens (including phenoxy) is 1. The summed E-state index contributed by atoms with van der Waals surface area (Å²) in [5, 5.41) is 7.68. The van der Waals surface area contributed by atoms with Crippen LogP contribution in [0.5, 0.6) is 0 Å². The normalized spacial score (nSPS) is 16.9. The van der Waals surface area contributed by atoms with E-state index in [1.165, 1.54) is 7.11 Å². The molecular weight excluding hydrogens is 543 g/mol. The molecule has 2 atom stereocenters. The highest BCUT2D eigenvalue weighted by Crippen LogP contribution is 2.44. The molecule has 194 valence electrons. The lowest BCUT2D eigenvalue weighted by Crippen LogP contribution is -2.29. The molecule has 2 N–H and O–H groups in total. The van der Waals surface area contributed by atoms with E-state index in [9.17, 15) is 4.79 Å².